The summed E-state index contributed by atoms with van der Waals surface area (Å²) in [6, 6.07) is 3.95. The molecule has 0 saturated carbocycles. The van der Waals surface area contributed by atoms with Crippen molar-refractivity contribution in [3.8, 4) is 5.75 Å². The number of rotatable bonds is 2. The maximum absolute atomic E-state index is 10.5. The summed E-state index contributed by atoms with van der Waals surface area (Å²) in [6.45, 7) is 2.72. The number of aliphatic hydroxyl groups excluding tert-OH is 1. The second-order valence-electron chi connectivity index (χ2n) is 5.48. The molecule has 4 heteroatoms. The first-order valence-electron chi connectivity index (χ1n) is 7.09. The van der Waals surface area contributed by atoms with Crippen molar-refractivity contribution in [2.45, 2.75) is 31.8 Å². The number of benzene rings is 1. The SMILES string of the molecule is OC(c1cc(Cl)c2c(c1)CCCO2)C1CCNCC1. The van der Waals surface area contributed by atoms with Crippen LogP contribution in [-0.4, -0.2) is 24.8 Å². The predicted molar refractivity (Wildman–Crippen MR) is 75.8 cm³/mol. The molecule has 3 nitrogen and oxygen atoms in total. The minimum atomic E-state index is -0.410. The van der Waals surface area contributed by atoms with Crippen LogP contribution in [0.2, 0.25) is 5.02 Å². The molecule has 0 spiro atoms. The number of hydrogen-bond acceptors (Lipinski definition) is 3. The van der Waals surface area contributed by atoms with Crippen molar-refractivity contribution in [2.75, 3.05) is 19.7 Å². The Hall–Kier alpha value is -0.770. The van der Waals surface area contributed by atoms with Gasteiger partial charge in [-0.2, -0.15) is 0 Å². The van der Waals surface area contributed by atoms with Gasteiger partial charge in [-0.1, -0.05) is 11.6 Å². The summed E-state index contributed by atoms with van der Waals surface area (Å²) < 4.78 is 5.61. The highest BCUT2D eigenvalue weighted by Gasteiger charge is 2.25. The first-order chi connectivity index (χ1) is 9.25. The topological polar surface area (TPSA) is 41.5 Å². The molecule has 0 aromatic heterocycles. The summed E-state index contributed by atoms with van der Waals surface area (Å²) in [6.07, 6.45) is 3.64. The van der Waals surface area contributed by atoms with Crippen molar-refractivity contribution in [2.24, 2.45) is 5.92 Å². The van der Waals surface area contributed by atoms with Gasteiger partial charge in [0.05, 0.1) is 17.7 Å². The number of hydrogen-bond donors (Lipinski definition) is 2. The lowest BCUT2D eigenvalue weighted by Crippen LogP contribution is -2.30. The average molecular weight is 282 g/mol. The molecule has 0 amide bonds. The standard InChI is InChI=1S/C15H20ClNO2/c16-13-9-12(8-11-2-1-7-19-15(11)13)14(18)10-3-5-17-6-4-10/h8-10,14,17-18H,1-7H2. The quantitative estimate of drug-likeness (QED) is 0.876. The first kappa shape index (κ1) is 13.2. The molecule has 2 aliphatic rings. The number of nitrogens with one attached hydrogen (secondary N) is 1. The maximum atomic E-state index is 10.5. The number of fused-ring (bicyclic) bond motifs is 1. The van der Waals surface area contributed by atoms with Crippen molar-refractivity contribution >= 4 is 11.6 Å². The van der Waals surface area contributed by atoms with E-state index < -0.39 is 6.10 Å². The van der Waals surface area contributed by atoms with E-state index in [0.717, 1.165) is 62.3 Å². The van der Waals surface area contributed by atoms with E-state index >= 15 is 0 Å². The van der Waals surface area contributed by atoms with Gasteiger partial charge in [-0.25, -0.2) is 0 Å². The summed E-state index contributed by atoms with van der Waals surface area (Å²) in [5.41, 5.74) is 2.09. The minimum absolute atomic E-state index is 0.333. The van der Waals surface area contributed by atoms with Gasteiger partial charge in [0.25, 0.3) is 0 Å². The molecule has 1 fully saturated rings. The van der Waals surface area contributed by atoms with Crippen LogP contribution >= 0.6 is 11.6 Å². The number of aryl methyl sites for hydroxylation is 1. The van der Waals surface area contributed by atoms with Crippen LogP contribution in [0.5, 0.6) is 5.75 Å². The normalized spacial score (nSPS) is 21.6. The number of piperidine rings is 1. The van der Waals surface area contributed by atoms with Crippen molar-refractivity contribution in [1.82, 2.24) is 5.32 Å². The van der Waals surface area contributed by atoms with Crippen LogP contribution in [-0.2, 0) is 6.42 Å². The molecular weight excluding hydrogens is 262 g/mol. The van der Waals surface area contributed by atoms with E-state index in [0.29, 0.717) is 10.9 Å². The number of halogens is 1. The molecule has 19 heavy (non-hydrogen) atoms. The highest BCUT2D eigenvalue weighted by Crippen LogP contribution is 2.38. The Labute approximate surface area is 118 Å². The van der Waals surface area contributed by atoms with Crippen molar-refractivity contribution in [1.29, 1.82) is 0 Å². The third kappa shape index (κ3) is 2.73. The van der Waals surface area contributed by atoms with Crippen LogP contribution in [0.3, 0.4) is 0 Å². The molecule has 0 aliphatic carbocycles. The van der Waals surface area contributed by atoms with Gasteiger partial charge in [0.1, 0.15) is 5.75 Å². The second kappa shape index (κ2) is 5.70. The molecule has 1 atom stereocenters. The van der Waals surface area contributed by atoms with E-state index in [2.05, 4.69) is 11.4 Å². The summed E-state index contributed by atoms with van der Waals surface area (Å²) in [5, 5.41) is 14.5. The van der Waals surface area contributed by atoms with Crippen molar-refractivity contribution < 1.29 is 9.84 Å². The van der Waals surface area contributed by atoms with E-state index in [1.165, 1.54) is 0 Å². The molecule has 1 saturated heterocycles. The van der Waals surface area contributed by atoms with Gasteiger partial charge in [0.15, 0.2) is 0 Å². The van der Waals surface area contributed by atoms with Gasteiger partial charge in [-0.05, 0) is 68.0 Å². The van der Waals surface area contributed by atoms with E-state index in [1.54, 1.807) is 0 Å². The first-order valence-corrected chi connectivity index (χ1v) is 7.47. The lowest BCUT2D eigenvalue weighted by atomic mass is 9.87. The highest BCUT2D eigenvalue weighted by molar-refractivity contribution is 6.32. The minimum Gasteiger partial charge on any atom is -0.492 e. The molecule has 1 unspecified atom stereocenters. The number of aliphatic hydroxyl groups is 1. The molecule has 0 radical (unpaired) electrons. The number of ether oxygens (including phenoxy) is 1. The Morgan fingerprint density at radius 2 is 2.11 bits per heavy atom. The highest BCUT2D eigenvalue weighted by atomic mass is 35.5. The van der Waals surface area contributed by atoms with Gasteiger partial charge in [-0.15, -0.1) is 0 Å². The zero-order chi connectivity index (χ0) is 13.2. The molecule has 1 aromatic rings. The molecule has 104 valence electrons. The molecule has 3 rings (SSSR count). The molecule has 2 aliphatic heterocycles. The molecule has 0 bridgehead atoms. The third-order valence-electron chi connectivity index (χ3n) is 4.15. The van der Waals surface area contributed by atoms with Crippen molar-refractivity contribution in [3.63, 3.8) is 0 Å². The van der Waals surface area contributed by atoms with Gasteiger partial charge in [0, 0.05) is 0 Å². The zero-order valence-corrected chi connectivity index (χ0v) is 11.7. The Kier molecular flexibility index (Phi) is 3.96. The Bertz CT molecular complexity index is 458. The molecular formula is C15H20ClNO2. The lowest BCUT2D eigenvalue weighted by Gasteiger charge is -2.28. The summed E-state index contributed by atoms with van der Waals surface area (Å²) >= 11 is 6.28. The van der Waals surface area contributed by atoms with Crippen LogP contribution in [0.25, 0.3) is 0 Å². The van der Waals surface area contributed by atoms with Gasteiger partial charge >= 0.3 is 0 Å². The van der Waals surface area contributed by atoms with Crippen LogP contribution in [0.4, 0.5) is 0 Å². The van der Waals surface area contributed by atoms with E-state index in [4.69, 9.17) is 16.3 Å². The molecule has 2 N–H and O–H groups in total. The van der Waals surface area contributed by atoms with E-state index in [9.17, 15) is 5.11 Å². The molecule has 2 heterocycles. The van der Waals surface area contributed by atoms with E-state index in [1.807, 2.05) is 6.07 Å². The smallest absolute Gasteiger partial charge is 0.141 e. The fourth-order valence-electron chi connectivity index (χ4n) is 3.06. The van der Waals surface area contributed by atoms with Gasteiger partial charge in [0.2, 0.25) is 0 Å². The third-order valence-corrected chi connectivity index (χ3v) is 4.43. The van der Waals surface area contributed by atoms with Crippen LogP contribution in [0, 0.1) is 5.92 Å². The van der Waals surface area contributed by atoms with E-state index in [-0.39, 0.29) is 0 Å². The van der Waals surface area contributed by atoms with Gasteiger partial charge < -0.3 is 15.2 Å². The van der Waals surface area contributed by atoms with Crippen LogP contribution < -0.4 is 10.1 Å². The van der Waals surface area contributed by atoms with Crippen LogP contribution in [0.15, 0.2) is 12.1 Å². The fourth-order valence-corrected chi connectivity index (χ4v) is 3.36. The predicted octanol–water partition coefficient (Wildman–Crippen LogP) is 2.70. The summed E-state index contributed by atoms with van der Waals surface area (Å²) in [7, 11) is 0. The van der Waals surface area contributed by atoms with Crippen LogP contribution in [0.1, 0.15) is 36.5 Å². The monoisotopic (exact) mass is 281 g/mol. The Balaban J connectivity index is 1.85. The Morgan fingerprint density at radius 3 is 2.89 bits per heavy atom. The summed E-state index contributed by atoms with van der Waals surface area (Å²) in [4.78, 5) is 0. The summed E-state index contributed by atoms with van der Waals surface area (Å²) in [5.74, 6) is 1.15. The second-order valence-corrected chi connectivity index (χ2v) is 5.88. The Morgan fingerprint density at radius 1 is 1.32 bits per heavy atom. The fraction of sp³-hybridized carbons (Fsp3) is 0.600. The zero-order valence-electron chi connectivity index (χ0n) is 11.0. The largest absolute Gasteiger partial charge is 0.492 e. The maximum Gasteiger partial charge on any atom is 0.141 e. The average Bonchev–Trinajstić information content (AvgIpc) is 2.47. The van der Waals surface area contributed by atoms with Crippen molar-refractivity contribution in [3.05, 3.63) is 28.3 Å². The molecule has 1 aromatic carbocycles. The van der Waals surface area contributed by atoms with Gasteiger partial charge in [-0.3, -0.25) is 0 Å². The lowest BCUT2D eigenvalue weighted by molar-refractivity contribution is 0.0887.